The van der Waals surface area contributed by atoms with Gasteiger partial charge >= 0.3 is 5.97 Å². The molecule has 0 fully saturated rings. The minimum Gasteiger partial charge on any atom is -0.479 e. The number of aliphatic hydroxyl groups excluding tert-OH is 1. The maximum Gasteiger partial charge on any atom is 0.332 e. The molecule has 0 aromatic carbocycles. The molecule has 17 heavy (non-hydrogen) atoms. The van der Waals surface area contributed by atoms with Crippen molar-refractivity contribution in [3.05, 3.63) is 23.7 Å². The second kappa shape index (κ2) is 6.02. The van der Waals surface area contributed by atoms with Crippen LogP contribution >= 0.6 is 0 Å². The number of rotatable bonds is 6. The van der Waals surface area contributed by atoms with Gasteiger partial charge in [0.25, 0.3) is 5.91 Å². The maximum atomic E-state index is 11.5. The predicted molar refractivity (Wildman–Crippen MR) is 57.2 cm³/mol. The van der Waals surface area contributed by atoms with Crippen LogP contribution in [0.1, 0.15) is 22.7 Å². The van der Waals surface area contributed by atoms with Gasteiger partial charge in [0.2, 0.25) is 0 Å². The molecule has 1 heterocycles. The van der Waals surface area contributed by atoms with Crippen molar-refractivity contribution in [2.75, 3.05) is 6.54 Å². The molecule has 0 spiro atoms. The third-order valence-corrected chi connectivity index (χ3v) is 2.08. The standard InChI is InChI=1S/C10H14N2O5/c11-5-6-1-2-8(17-6)9(14)12-4-3-7(13)10(15)16/h1-2,7,13H,3-5,11H2,(H,12,14)(H,15,16)/t7-/m0/s1. The Morgan fingerprint density at radius 1 is 1.47 bits per heavy atom. The summed E-state index contributed by atoms with van der Waals surface area (Å²) in [7, 11) is 0. The van der Waals surface area contributed by atoms with Crippen molar-refractivity contribution >= 4 is 11.9 Å². The molecule has 0 aliphatic rings. The quantitative estimate of drug-likeness (QED) is 0.522. The Balaban J connectivity index is 2.37. The van der Waals surface area contributed by atoms with Crippen LogP contribution < -0.4 is 11.1 Å². The summed E-state index contributed by atoms with van der Waals surface area (Å²) in [5.74, 6) is -1.19. The first-order valence-electron chi connectivity index (χ1n) is 5.02. The van der Waals surface area contributed by atoms with Crippen molar-refractivity contribution in [2.24, 2.45) is 5.73 Å². The third-order valence-electron chi connectivity index (χ3n) is 2.08. The van der Waals surface area contributed by atoms with Gasteiger partial charge in [-0.15, -0.1) is 0 Å². The summed E-state index contributed by atoms with van der Waals surface area (Å²) in [4.78, 5) is 21.7. The van der Waals surface area contributed by atoms with Crippen LogP contribution in [0.4, 0.5) is 0 Å². The highest BCUT2D eigenvalue weighted by molar-refractivity contribution is 5.91. The number of carboxylic acid groups (broad SMARTS) is 1. The van der Waals surface area contributed by atoms with Crippen LogP contribution in [0.2, 0.25) is 0 Å². The lowest BCUT2D eigenvalue weighted by atomic mass is 10.2. The summed E-state index contributed by atoms with van der Waals surface area (Å²) in [6.45, 7) is 0.246. The van der Waals surface area contributed by atoms with E-state index in [0.717, 1.165) is 0 Å². The lowest BCUT2D eigenvalue weighted by molar-refractivity contribution is -0.146. The Labute approximate surface area is 97.2 Å². The Bertz CT molecular complexity index is 401. The van der Waals surface area contributed by atoms with Crippen LogP contribution in [0.5, 0.6) is 0 Å². The molecule has 0 unspecified atom stereocenters. The Kier molecular flexibility index (Phi) is 4.68. The van der Waals surface area contributed by atoms with E-state index in [2.05, 4.69) is 5.32 Å². The zero-order valence-corrected chi connectivity index (χ0v) is 9.05. The van der Waals surface area contributed by atoms with Gasteiger partial charge in [0.15, 0.2) is 11.9 Å². The van der Waals surface area contributed by atoms with Crippen molar-refractivity contribution in [1.82, 2.24) is 5.32 Å². The fourth-order valence-corrected chi connectivity index (χ4v) is 1.14. The molecule has 0 saturated heterocycles. The lowest BCUT2D eigenvalue weighted by Gasteiger charge is -2.05. The summed E-state index contributed by atoms with van der Waals surface area (Å²) < 4.78 is 5.08. The molecule has 0 aliphatic carbocycles. The molecular weight excluding hydrogens is 228 g/mol. The van der Waals surface area contributed by atoms with Gasteiger partial charge in [-0.3, -0.25) is 4.79 Å². The monoisotopic (exact) mass is 242 g/mol. The summed E-state index contributed by atoms with van der Waals surface area (Å²) in [5.41, 5.74) is 5.31. The largest absolute Gasteiger partial charge is 0.479 e. The van der Waals surface area contributed by atoms with E-state index in [0.29, 0.717) is 5.76 Å². The number of aliphatic hydroxyl groups is 1. The van der Waals surface area contributed by atoms with Crippen molar-refractivity contribution in [3.63, 3.8) is 0 Å². The third kappa shape index (κ3) is 3.89. The van der Waals surface area contributed by atoms with Crippen LogP contribution in [0.25, 0.3) is 0 Å². The van der Waals surface area contributed by atoms with Crippen LogP contribution in [0.3, 0.4) is 0 Å². The van der Waals surface area contributed by atoms with Gasteiger partial charge in [-0.2, -0.15) is 0 Å². The molecule has 7 heteroatoms. The molecule has 0 saturated carbocycles. The van der Waals surface area contributed by atoms with Crippen LogP contribution in [0.15, 0.2) is 16.5 Å². The van der Waals surface area contributed by atoms with E-state index in [4.69, 9.17) is 20.4 Å². The van der Waals surface area contributed by atoms with Gasteiger partial charge in [0, 0.05) is 13.0 Å². The average molecular weight is 242 g/mol. The lowest BCUT2D eigenvalue weighted by Crippen LogP contribution is -2.29. The van der Waals surface area contributed by atoms with Gasteiger partial charge in [0.1, 0.15) is 5.76 Å². The highest BCUT2D eigenvalue weighted by atomic mass is 16.4. The van der Waals surface area contributed by atoms with E-state index in [9.17, 15) is 9.59 Å². The van der Waals surface area contributed by atoms with Gasteiger partial charge in [-0.25, -0.2) is 4.79 Å². The van der Waals surface area contributed by atoms with Crippen LogP contribution in [0, 0.1) is 0 Å². The first-order valence-corrected chi connectivity index (χ1v) is 5.02. The highest BCUT2D eigenvalue weighted by Gasteiger charge is 2.14. The normalized spacial score (nSPS) is 12.1. The topological polar surface area (TPSA) is 126 Å². The summed E-state index contributed by atoms with van der Waals surface area (Å²) in [5, 5.41) is 19.8. The van der Waals surface area contributed by atoms with E-state index in [1.54, 1.807) is 6.07 Å². The number of carbonyl (C=O) groups excluding carboxylic acids is 1. The molecule has 0 radical (unpaired) electrons. The number of aliphatic carboxylic acids is 1. The molecule has 7 nitrogen and oxygen atoms in total. The molecule has 1 rings (SSSR count). The molecule has 1 aromatic rings. The molecule has 0 aliphatic heterocycles. The van der Waals surface area contributed by atoms with Crippen molar-refractivity contribution in [3.8, 4) is 0 Å². The molecule has 0 bridgehead atoms. The van der Waals surface area contributed by atoms with Crippen LogP contribution in [-0.2, 0) is 11.3 Å². The molecule has 1 atom stereocenters. The van der Waals surface area contributed by atoms with Gasteiger partial charge in [-0.1, -0.05) is 0 Å². The zero-order chi connectivity index (χ0) is 12.8. The van der Waals surface area contributed by atoms with Gasteiger partial charge < -0.3 is 25.7 Å². The molecular formula is C10H14N2O5. The van der Waals surface area contributed by atoms with E-state index in [1.165, 1.54) is 6.07 Å². The summed E-state index contributed by atoms with van der Waals surface area (Å²) in [6.07, 6.45) is -1.54. The number of carboxylic acids is 1. The molecule has 1 aromatic heterocycles. The maximum absolute atomic E-state index is 11.5. The first-order chi connectivity index (χ1) is 8.04. The summed E-state index contributed by atoms with van der Waals surface area (Å²) >= 11 is 0. The van der Waals surface area contributed by atoms with E-state index in [1.807, 2.05) is 0 Å². The number of nitrogens with one attached hydrogen (secondary N) is 1. The van der Waals surface area contributed by atoms with Crippen LogP contribution in [-0.4, -0.2) is 34.7 Å². The van der Waals surface area contributed by atoms with Gasteiger partial charge in [0.05, 0.1) is 6.54 Å². The average Bonchev–Trinajstić information content (AvgIpc) is 2.77. The number of nitrogens with two attached hydrogens (primary N) is 1. The minimum atomic E-state index is -1.48. The molecule has 94 valence electrons. The number of amides is 1. The number of furan rings is 1. The van der Waals surface area contributed by atoms with Crippen molar-refractivity contribution < 1.29 is 24.2 Å². The SMILES string of the molecule is NCc1ccc(C(=O)NCC[C@H](O)C(=O)O)o1. The Morgan fingerprint density at radius 3 is 2.71 bits per heavy atom. The Hall–Kier alpha value is -1.86. The van der Waals surface area contributed by atoms with Crippen molar-refractivity contribution in [2.45, 2.75) is 19.1 Å². The summed E-state index contributed by atoms with van der Waals surface area (Å²) in [6, 6.07) is 3.06. The number of carbonyl (C=O) groups is 2. The highest BCUT2D eigenvalue weighted by Crippen LogP contribution is 2.06. The number of hydrogen-bond acceptors (Lipinski definition) is 5. The first kappa shape index (κ1) is 13.2. The second-order valence-corrected chi connectivity index (χ2v) is 3.37. The molecule has 5 N–H and O–H groups in total. The van der Waals surface area contributed by atoms with Crippen molar-refractivity contribution in [1.29, 1.82) is 0 Å². The minimum absolute atomic E-state index is 0.0466. The second-order valence-electron chi connectivity index (χ2n) is 3.37. The Morgan fingerprint density at radius 2 is 2.18 bits per heavy atom. The predicted octanol–water partition coefficient (Wildman–Crippen LogP) is -0.696. The van der Waals surface area contributed by atoms with E-state index in [-0.39, 0.29) is 25.3 Å². The number of hydrogen-bond donors (Lipinski definition) is 4. The zero-order valence-electron chi connectivity index (χ0n) is 9.05. The van der Waals surface area contributed by atoms with Gasteiger partial charge in [-0.05, 0) is 12.1 Å². The fraction of sp³-hybridized carbons (Fsp3) is 0.400. The van der Waals surface area contributed by atoms with E-state index >= 15 is 0 Å². The molecule has 1 amide bonds. The smallest absolute Gasteiger partial charge is 0.332 e. The van der Waals surface area contributed by atoms with E-state index < -0.39 is 18.0 Å². The fourth-order valence-electron chi connectivity index (χ4n) is 1.14.